The summed E-state index contributed by atoms with van der Waals surface area (Å²) in [6.07, 6.45) is 9.12. The van der Waals surface area contributed by atoms with E-state index in [4.69, 9.17) is 0 Å². The number of hydrogen-bond acceptors (Lipinski definition) is 0. The van der Waals surface area contributed by atoms with Crippen LogP contribution in [0.2, 0.25) is 0 Å². The van der Waals surface area contributed by atoms with Gasteiger partial charge in [-0.15, -0.1) is 6.58 Å². The van der Waals surface area contributed by atoms with Gasteiger partial charge in [-0.1, -0.05) is 25.2 Å². The van der Waals surface area contributed by atoms with E-state index in [2.05, 4.69) is 31.7 Å². The molecule has 0 radical (unpaired) electrons. The highest BCUT2D eigenvalue weighted by Gasteiger charge is 2.09. The fourth-order valence-electron chi connectivity index (χ4n) is 1.33. The quantitative estimate of drug-likeness (QED) is 0.469. The van der Waals surface area contributed by atoms with E-state index in [1.165, 1.54) is 12.8 Å². The van der Waals surface area contributed by atoms with Gasteiger partial charge >= 0.3 is 0 Å². The molecule has 0 heteroatoms. The van der Waals surface area contributed by atoms with Gasteiger partial charge in [-0.05, 0) is 24.7 Å². The van der Waals surface area contributed by atoms with Crippen LogP contribution in [-0.4, -0.2) is 0 Å². The smallest absolute Gasteiger partial charge is 0.0196 e. The van der Waals surface area contributed by atoms with Gasteiger partial charge in [0.2, 0.25) is 0 Å². The molecular weight excluding hydrogens is 108 g/mol. The lowest BCUT2D eigenvalue weighted by Crippen LogP contribution is -2.05. The molecule has 0 spiro atoms. The van der Waals surface area contributed by atoms with E-state index in [1.54, 1.807) is 0 Å². The maximum Gasteiger partial charge on any atom is -0.0196 e. The maximum atomic E-state index is 3.78. The molecule has 0 aromatic carbocycles. The first-order chi connectivity index (χ1) is 4.33. The average Bonchev–Trinajstić information content (AvgIpc) is 1.88. The summed E-state index contributed by atoms with van der Waals surface area (Å²) in [5.74, 6) is 1.51. The second-order valence-corrected chi connectivity index (χ2v) is 2.87. The Morgan fingerprint density at radius 2 is 2.44 bits per heavy atom. The van der Waals surface area contributed by atoms with Crippen molar-refractivity contribution in [3.63, 3.8) is 0 Å². The first kappa shape index (κ1) is 6.60. The van der Waals surface area contributed by atoms with Crippen LogP contribution in [0.15, 0.2) is 24.8 Å². The van der Waals surface area contributed by atoms with Crippen LogP contribution < -0.4 is 0 Å². The van der Waals surface area contributed by atoms with Crippen LogP contribution in [0.3, 0.4) is 0 Å². The molecule has 0 aliphatic heterocycles. The molecule has 2 unspecified atom stereocenters. The first-order valence-electron chi connectivity index (χ1n) is 3.62. The Morgan fingerprint density at radius 1 is 1.67 bits per heavy atom. The summed E-state index contributed by atoms with van der Waals surface area (Å²) in [6.45, 7) is 6.04. The molecule has 9 heavy (non-hydrogen) atoms. The molecule has 0 heterocycles. The van der Waals surface area contributed by atoms with Gasteiger partial charge in [0, 0.05) is 0 Å². The van der Waals surface area contributed by atoms with E-state index in [-0.39, 0.29) is 0 Å². The SMILES string of the molecule is C=CC1CC=CC(C)C1. The third-order valence-corrected chi connectivity index (χ3v) is 1.91. The largest absolute Gasteiger partial charge is 0.103 e. The molecule has 1 aliphatic carbocycles. The Morgan fingerprint density at radius 3 is 2.89 bits per heavy atom. The van der Waals surface area contributed by atoms with Crippen LogP contribution in [0.5, 0.6) is 0 Å². The molecular formula is C9H14. The van der Waals surface area contributed by atoms with Crippen LogP contribution in [0.25, 0.3) is 0 Å². The summed E-state index contributed by atoms with van der Waals surface area (Å²) in [6, 6.07) is 0. The zero-order chi connectivity index (χ0) is 6.69. The third kappa shape index (κ3) is 1.70. The summed E-state index contributed by atoms with van der Waals surface area (Å²) in [7, 11) is 0. The second-order valence-electron chi connectivity index (χ2n) is 2.87. The van der Waals surface area contributed by atoms with Crippen molar-refractivity contribution in [3.05, 3.63) is 24.8 Å². The van der Waals surface area contributed by atoms with Crippen molar-refractivity contribution >= 4 is 0 Å². The Kier molecular flexibility index (Phi) is 2.10. The van der Waals surface area contributed by atoms with Crippen LogP contribution in [0, 0.1) is 11.8 Å². The molecule has 0 aromatic heterocycles. The van der Waals surface area contributed by atoms with Crippen molar-refractivity contribution in [1.29, 1.82) is 0 Å². The monoisotopic (exact) mass is 122 g/mol. The standard InChI is InChI=1S/C9H14/c1-3-9-6-4-5-8(2)7-9/h3-5,8-9H,1,6-7H2,2H3. The van der Waals surface area contributed by atoms with E-state index in [0.717, 1.165) is 11.8 Å². The fourth-order valence-corrected chi connectivity index (χ4v) is 1.33. The van der Waals surface area contributed by atoms with Crippen molar-refractivity contribution < 1.29 is 0 Å². The second kappa shape index (κ2) is 2.86. The molecule has 0 saturated heterocycles. The molecule has 0 bridgehead atoms. The highest BCUT2D eigenvalue weighted by molar-refractivity contribution is 4.98. The highest BCUT2D eigenvalue weighted by Crippen LogP contribution is 2.22. The molecule has 0 nitrogen and oxygen atoms in total. The number of hydrogen-bond donors (Lipinski definition) is 0. The predicted molar refractivity (Wildman–Crippen MR) is 41.2 cm³/mol. The summed E-state index contributed by atoms with van der Waals surface area (Å²) in [4.78, 5) is 0. The molecule has 0 N–H and O–H groups in total. The van der Waals surface area contributed by atoms with Crippen LogP contribution in [-0.2, 0) is 0 Å². The van der Waals surface area contributed by atoms with Crippen molar-refractivity contribution in [2.75, 3.05) is 0 Å². The van der Waals surface area contributed by atoms with Gasteiger partial charge in [0.25, 0.3) is 0 Å². The van der Waals surface area contributed by atoms with Crippen molar-refractivity contribution in [3.8, 4) is 0 Å². The lowest BCUT2D eigenvalue weighted by atomic mass is 9.88. The molecule has 1 rings (SSSR count). The topological polar surface area (TPSA) is 0 Å². The molecule has 1 aliphatic rings. The lowest BCUT2D eigenvalue weighted by Gasteiger charge is -2.17. The van der Waals surface area contributed by atoms with Gasteiger partial charge in [-0.2, -0.15) is 0 Å². The zero-order valence-corrected chi connectivity index (χ0v) is 6.01. The van der Waals surface area contributed by atoms with Crippen molar-refractivity contribution in [2.45, 2.75) is 19.8 Å². The van der Waals surface area contributed by atoms with Crippen LogP contribution in [0.1, 0.15) is 19.8 Å². The van der Waals surface area contributed by atoms with Gasteiger partial charge in [0.15, 0.2) is 0 Å². The van der Waals surface area contributed by atoms with Crippen molar-refractivity contribution in [1.82, 2.24) is 0 Å². The number of allylic oxidation sites excluding steroid dienone is 3. The summed E-state index contributed by atoms with van der Waals surface area (Å²) < 4.78 is 0. The van der Waals surface area contributed by atoms with Crippen LogP contribution >= 0.6 is 0 Å². The Bertz CT molecular complexity index is 122. The summed E-state index contributed by atoms with van der Waals surface area (Å²) in [5.41, 5.74) is 0. The summed E-state index contributed by atoms with van der Waals surface area (Å²) >= 11 is 0. The molecule has 0 fully saturated rings. The molecule has 0 saturated carbocycles. The van der Waals surface area contributed by atoms with Gasteiger partial charge in [0.05, 0.1) is 0 Å². The Hall–Kier alpha value is -0.520. The van der Waals surface area contributed by atoms with E-state index >= 15 is 0 Å². The molecule has 2 atom stereocenters. The fraction of sp³-hybridized carbons (Fsp3) is 0.556. The third-order valence-electron chi connectivity index (χ3n) is 1.91. The highest BCUT2D eigenvalue weighted by atomic mass is 14.1. The molecule has 0 aromatic rings. The van der Waals surface area contributed by atoms with Crippen LogP contribution in [0.4, 0.5) is 0 Å². The van der Waals surface area contributed by atoms with Gasteiger partial charge in [-0.25, -0.2) is 0 Å². The normalized spacial score (nSPS) is 34.3. The van der Waals surface area contributed by atoms with Gasteiger partial charge in [-0.3, -0.25) is 0 Å². The zero-order valence-electron chi connectivity index (χ0n) is 6.01. The minimum atomic E-state index is 0.741. The molecule has 50 valence electrons. The van der Waals surface area contributed by atoms with E-state index in [1.807, 2.05) is 0 Å². The minimum Gasteiger partial charge on any atom is -0.103 e. The Labute approximate surface area is 57.3 Å². The average molecular weight is 122 g/mol. The van der Waals surface area contributed by atoms with Crippen molar-refractivity contribution in [2.24, 2.45) is 11.8 Å². The Balaban J connectivity index is 2.46. The van der Waals surface area contributed by atoms with E-state index in [9.17, 15) is 0 Å². The molecule has 0 amide bonds. The minimum absolute atomic E-state index is 0.741. The summed E-state index contributed by atoms with van der Waals surface area (Å²) in [5, 5.41) is 0. The lowest BCUT2D eigenvalue weighted by molar-refractivity contribution is 0.490. The van der Waals surface area contributed by atoms with Gasteiger partial charge < -0.3 is 0 Å². The predicted octanol–water partition coefficient (Wildman–Crippen LogP) is 2.77. The maximum absolute atomic E-state index is 3.78. The van der Waals surface area contributed by atoms with Gasteiger partial charge in [0.1, 0.15) is 0 Å². The van der Waals surface area contributed by atoms with E-state index in [0.29, 0.717) is 0 Å². The first-order valence-corrected chi connectivity index (χ1v) is 3.62. The van der Waals surface area contributed by atoms with E-state index < -0.39 is 0 Å². The number of rotatable bonds is 1.